The van der Waals surface area contributed by atoms with Gasteiger partial charge in [0.1, 0.15) is 17.8 Å². The number of fused-ring (bicyclic) bond motifs is 1. The van der Waals surface area contributed by atoms with Crippen LogP contribution in [0.2, 0.25) is 0 Å². The third kappa shape index (κ3) is 4.71. The number of ether oxygens (including phenoxy) is 1. The number of aliphatic hydroxyl groups excluding tert-OH is 1. The lowest BCUT2D eigenvalue weighted by Gasteiger charge is -2.36. The van der Waals surface area contributed by atoms with Crippen LogP contribution < -0.4 is 5.32 Å². The number of aliphatic hydroxyl groups is 1. The molecule has 2 unspecified atom stereocenters. The van der Waals surface area contributed by atoms with Gasteiger partial charge in [0.15, 0.2) is 0 Å². The minimum Gasteiger partial charge on any atom is -0.469 e. The number of hydrogen-bond donors (Lipinski definition) is 2. The smallest absolute Gasteiger partial charge is 0.309 e. The number of ketones is 2. The minimum atomic E-state index is -1.07. The Labute approximate surface area is 159 Å². The Kier molecular flexibility index (Phi) is 6.22. The van der Waals surface area contributed by atoms with Crippen LogP contribution in [0.1, 0.15) is 45.4 Å². The van der Waals surface area contributed by atoms with E-state index in [4.69, 9.17) is 4.74 Å². The highest BCUT2D eigenvalue weighted by Gasteiger charge is 2.44. The fourth-order valence-corrected chi connectivity index (χ4v) is 4.11. The fraction of sp³-hybridized carbons (Fsp3) is 0.700. The number of nitrogens with one attached hydrogen (secondary N) is 1. The van der Waals surface area contributed by atoms with E-state index in [9.17, 15) is 19.5 Å². The van der Waals surface area contributed by atoms with Gasteiger partial charge in [-0.15, -0.1) is 0 Å². The number of rotatable bonds is 1. The first-order chi connectivity index (χ1) is 12.9. The molecule has 1 fully saturated rings. The van der Waals surface area contributed by atoms with Gasteiger partial charge in [0, 0.05) is 48.9 Å². The van der Waals surface area contributed by atoms with Gasteiger partial charge in [-0.25, -0.2) is 0 Å². The maximum absolute atomic E-state index is 12.3. The molecule has 2 N–H and O–H groups in total. The Balaban J connectivity index is 1.88. The first-order valence-corrected chi connectivity index (χ1v) is 9.69. The zero-order valence-corrected chi connectivity index (χ0v) is 15.9. The van der Waals surface area contributed by atoms with Crippen molar-refractivity contribution in [2.24, 2.45) is 28.7 Å². The summed E-state index contributed by atoms with van der Waals surface area (Å²) in [6.45, 7) is 1.95. The van der Waals surface area contributed by atoms with E-state index in [1.54, 1.807) is 6.21 Å². The SMILES string of the molecule is COC(=O)[C@@H]1CC(=O)CC2[C@@H](O)NCC(=O)C(C)CCCC3=C(C3)N=C[C@@H]21. The first-order valence-electron chi connectivity index (χ1n) is 9.69. The highest BCUT2D eigenvalue weighted by Crippen LogP contribution is 2.39. The molecular formula is C20H28N2O5. The number of hydrogen-bond acceptors (Lipinski definition) is 7. The van der Waals surface area contributed by atoms with Crippen LogP contribution in [0, 0.1) is 23.7 Å². The summed E-state index contributed by atoms with van der Waals surface area (Å²) in [5, 5.41) is 13.5. The van der Waals surface area contributed by atoms with Gasteiger partial charge in [-0.05, 0) is 24.8 Å². The summed E-state index contributed by atoms with van der Waals surface area (Å²) < 4.78 is 4.88. The van der Waals surface area contributed by atoms with Crippen molar-refractivity contribution >= 4 is 23.8 Å². The fourth-order valence-electron chi connectivity index (χ4n) is 4.11. The van der Waals surface area contributed by atoms with Crippen LogP contribution in [0.5, 0.6) is 0 Å². The molecule has 0 bridgehead atoms. The Morgan fingerprint density at radius 1 is 1.33 bits per heavy atom. The molecule has 3 aliphatic rings. The Hall–Kier alpha value is -1.86. The van der Waals surface area contributed by atoms with E-state index in [0.29, 0.717) is 0 Å². The van der Waals surface area contributed by atoms with Crippen LogP contribution in [0.4, 0.5) is 0 Å². The summed E-state index contributed by atoms with van der Waals surface area (Å²) in [7, 11) is 1.30. The van der Waals surface area contributed by atoms with Crippen LogP contribution in [0.25, 0.3) is 0 Å². The highest BCUT2D eigenvalue weighted by molar-refractivity contribution is 5.89. The normalized spacial score (nSPS) is 35.1. The number of carbonyl (C=O) groups excluding carboxylic acids is 3. The van der Waals surface area contributed by atoms with Crippen LogP contribution in [-0.4, -0.2) is 48.7 Å². The lowest BCUT2D eigenvalue weighted by atomic mass is 9.71. The molecule has 1 saturated carbocycles. The molecular weight excluding hydrogens is 348 g/mol. The number of aliphatic imine (C=N–C) groups is 1. The van der Waals surface area contributed by atoms with Crippen molar-refractivity contribution in [2.75, 3.05) is 13.7 Å². The number of Topliss-reactive ketones (excluding diaryl/α,β-unsaturated/α-hetero) is 2. The van der Waals surface area contributed by atoms with Crippen LogP contribution in [0.15, 0.2) is 16.3 Å². The number of allylic oxidation sites excluding steroid dienone is 2. The van der Waals surface area contributed by atoms with Gasteiger partial charge < -0.3 is 9.84 Å². The van der Waals surface area contributed by atoms with Gasteiger partial charge in [-0.1, -0.05) is 6.92 Å². The van der Waals surface area contributed by atoms with Crippen LogP contribution >= 0.6 is 0 Å². The third-order valence-electron chi connectivity index (χ3n) is 6.00. The highest BCUT2D eigenvalue weighted by atomic mass is 16.5. The molecule has 7 nitrogen and oxygen atoms in total. The molecule has 1 aliphatic heterocycles. The second kappa shape index (κ2) is 8.44. The first kappa shape index (κ1) is 19.9. The average Bonchev–Trinajstić information content (AvgIpc) is 3.40. The summed E-state index contributed by atoms with van der Waals surface area (Å²) >= 11 is 0. The summed E-state index contributed by atoms with van der Waals surface area (Å²) in [5.41, 5.74) is 2.31. The van der Waals surface area contributed by atoms with Gasteiger partial charge in [-0.2, -0.15) is 0 Å². The molecule has 0 amide bonds. The van der Waals surface area contributed by atoms with Crippen molar-refractivity contribution in [3.63, 3.8) is 0 Å². The quantitative estimate of drug-likeness (QED) is 0.670. The monoisotopic (exact) mass is 376 g/mol. The molecule has 7 heteroatoms. The predicted octanol–water partition coefficient (Wildman–Crippen LogP) is 1.40. The average molecular weight is 376 g/mol. The lowest BCUT2D eigenvalue weighted by Crippen LogP contribution is -2.49. The predicted molar refractivity (Wildman–Crippen MR) is 98.9 cm³/mol. The van der Waals surface area contributed by atoms with E-state index >= 15 is 0 Å². The molecule has 2 aliphatic carbocycles. The number of carbonyl (C=O) groups is 3. The maximum Gasteiger partial charge on any atom is 0.309 e. The Morgan fingerprint density at radius 3 is 2.85 bits per heavy atom. The topological polar surface area (TPSA) is 105 Å². The maximum atomic E-state index is 12.3. The zero-order chi connectivity index (χ0) is 19.6. The van der Waals surface area contributed by atoms with Gasteiger partial charge in [-0.3, -0.25) is 24.7 Å². The molecule has 27 heavy (non-hydrogen) atoms. The van der Waals surface area contributed by atoms with E-state index in [2.05, 4.69) is 10.3 Å². The van der Waals surface area contributed by atoms with Crippen molar-refractivity contribution < 1.29 is 24.2 Å². The summed E-state index contributed by atoms with van der Waals surface area (Å²) in [5.74, 6) is -2.18. The molecule has 0 aromatic carbocycles. The van der Waals surface area contributed by atoms with Crippen molar-refractivity contribution in [2.45, 2.75) is 51.7 Å². The van der Waals surface area contributed by atoms with Crippen molar-refractivity contribution in [3.8, 4) is 0 Å². The number of nitrogens with zero attached hydrogens (tertiary/aromatic N) is 1. The van der Waals surface area contributed by atoms with E-state index in [1.807, 2.05) is 6.92 Å². The van der Waals surface area contributed by atoms with Gasteiger partial charge in [0.2, 0.25) is 0 Å². The van der Waals surface area contributed by atoms with Gasteiger partial charge >= 0.3 is 5.97 Å². The second-order valence-electron chi connectivity index (χ2n) is 7.91. The largest absolute Gasteiger partial charge is 0.469 e. The van der Waals surface area contributed by atoms with E-state index in [0.717, 1.165) is 31.4 Å². The molecule has 0 aromatic heterocycles. The standard InChI is InChI=1S/C20H28N2O5/c1-11-4-3-5-12-6-17(12)21-9-16-14(19(25)22-10-18(11)24)7-13(23)8-15(16)20(26)27-2/h9,11,14-16,19,22,25H,3-8,10H2,1-2H3/t11?,14?,15-,16+,19-/m1/s1. The summed E-state index contributed by atoms with van der Waals surface area (Å²) in [6.07, 6.45) is 4.43. The minimum absolute atomic E-state index is 0.0491. The van der Waals surface area contributed by atoms with E-state index < -0.39 is 30.0 Å². The van der Waals surface area contributed by atoms with Crippen LogP contribution in [-0.2, 0) is 19.1 Å². The zero-order valence-electron chi connectivity index (χ0n) is 15.9. The molecule has 3 rings (SSSR count). The Morgan fingerprint density at radius 2 is 2.11 bits per heavy atom. The molecule has 1 heterocycles. The number of methoxy groups -OCH3 is 1. The van der Waals surface area contributed by atoms with Crippen molar-refractivity contribution in [1.29, 1.82) is 0 Å². The van der Waals surface area contributed by atoms with Crippen molar-refractivity contribution in [3.05, 3.63) is 11.3 Å². The van der Waals surface area contributed by atoms with E-state index in [1.165, 1.54) is 12.7 Å². The second-order valence-corrected chi connectivity index (χ2v) is 7.91. The molecule has 148 valence electrons. The number of esters is 1. The third-order valence-corrected chi connectivity index (χ3v) is 6.00. The molecule has 5 atom stereocenters. The lowest BCUT2D eigenvalue weighted by molar-refractivity contribution is -0.152. The van der Waals surface area contributed by atoms with E-state index in [-0.39, 0.29) is 36.9 Å². The molecule has 0 spiro atoms. The summed E-state index contributed by atoms with van der Waals surface area (Å²) in [4.78, 5) is 41.3. The van der Waals surface area contributed by atoms with Gasteiger partial charge in [0.05, 0.1) is 19.6 Å². The van der Waals surface area contributed by atoms with Crippen molar-refractivity contribution in [1.82, 2.24) is 5.32 Å². The molecule has 0 saturated heterocycles. The molecule has 0 aromatic rings. The molecule has 0 radical (unpaired) electrons. The summed E-state index contributed by atoms with van der Waals surface area (Å²) in [6, 6.07) is 0. The Bertz CT molecular complexity index is 684. The van der Waals surface area contributed by atoms with Gasteiger partial charge in [0.25, 0.3) is 0 Å². The van der Waals surface area contributed by atoms with Crippen LogP contribution in [0.3, 0.4) is 0 Å².